The van der Waals surface area contributed by atoms with E-state index >= 15 is 0 Å². The number of hydrogen-bond acceptors (Lipinski definition) is 4. The molecule has 0 aliphatic rings. The lowest BCUT2D eigenvalue weighted by Crippen LogP contribution is -1.92. The summed E-state index contributed by atoms with van der Waals surface area (Å²) in [5, 5.41) is 20.7. The molecule has 2 aromatic carbocycles. The van der Waals surface area contributed by atoms with Crippen LogP contribution in [-0.4, -0.2) is 10.0 Å². The second-order valence-corrected chi connectivity index (χ2v) is 5.19. The Morgan fingerprint density at radius 2 is 1.84 bits per heavy atom. The highest BCUT2D eigenvalue weighted by molar-refractivity contribution is 7.99. The lowest BCUT2D eigenvalue weighted by molar-refractivity contribution is -0.387. The van der Waals surface area contributed by atoms with Gasteiger partial charge in [-0.1, -0.05) is 41.6 Å². The molecule has 0 saturated heterocycles. The largest absolute Gasteiger partial charge is 0.392 e. The van der Waals surface area contributed by atoms with Crippen molar-refractivity contribution in [1.29, 1.82) is 0 Å². The second kappa shape index (κ2) is 6.06. The predicted octanol–water partition coefficient (Wildman–Crippen LogP) is 3.89. The normalized spacial score (nSPS) is 10.4. The van der Waals surface area contributed by atoms with E-state index in [0.29, 0.717) is 20.4 Å². The molecular formula is C13H10ClNO3S. The molecule has 6 heteroatoms. The van der Waals surface area contributed by atoms with Crippen LogP contribution >= 0.6 is 23.4 Å². The van der Waals surface area contributed by atoms with Gasteiger partial charge in [0.1, 0.15) is 0 Å². The van der Waals surface area contributed by atoms with Gasteiger partial charge in [-0.25, -0.2) is 0 Å². The van der Waals surface area contributed by atoms with Crippen LogP contribution in [0, 0.1) is 10.1 Å². The molecule has 0 aliphatic heterocycles. The average molecular weight is 296 g/mol. The number of nitrogens with zero attached hydrogens (tertiary/aromatic N) is 1. The fourth-order valence-corrected chi connectivity index (χ4v) is 2.97. The summed E-state index contributed by atoms with van der Waals surface area (Å²) < 4.78 is 0. The third-order valence-electron chi connectivity index (χ3n) is 2.52. The van der Waals surface area contributed by atoms with Crippen LogP contribution in [0.5, 0.6) is 0 Å². The van der Waals surface area contributed by atoms with E-state index in [9.17, 15) is 15.2 Å². The van der Waals surface area contributed by atoms with E-state index in [0.717, 1.165) is 0 Å². The van der Waals surface area contributed by atoms with Crippen molar-refractivity contribution >= 4 is 29.1 Å². The summed E-state index contributed by atoms with van der Waals surface area (Å²) in [5.74, 6) is 0. The molecule has 0 aliphatic carbocycles. The van der Waals surface area contributed by atoms with Crippen molar-refractivity contribution in [2.24, 2.45) is 0 Å². The minimum Gasteiger partial charge on any atom is -0.392 e. The number of aliphatic hydroxyl groups is 1. The van der Waals surface area contributed by atoms with Crippen molar-refractivity contribution in [3.8, 4) is 0 Å². The topological polar surface area (TPSA) is 63.4 Å². The minimum absolute atomic E-state index is 0.0383. The Bertz CT molecular complexity index is 619. The minimum atomic E-state index is -0.425. The molecule has 1 N–H and O–H groups in total. The molecule has 0 spiro atoms. The number of halogens is 1. The highest BCUT2D eigenvalue weighted by atomic mass is 35.5. The molecule has 0 atom stereocenters. The monoisotopic (exact) mass is 295 g/mol. The van der Waals surface area contributed by atoms with Gasteiger partial charge in [-0.3, -0.25) is 10.1 Å². The van der Waals surface area contributed by atoms with Crippen molar-refractivity contribution in [2.75, 3.05) is 0 Å². The van der Waals surface area contributed by atoms with E-state index in [4.69, 9.17) is 11.6 Å². The van der Waals surface area contributed by atoms with Gasteiger partial charge in [0.05, 0.1) is 16.4 Å². The van der Waals surface area contributed by atoms with Crippen LogP contribution in [0.4, 0.5) is 5.69 Å². The van der Waals surface area contributed by atoms with E-state index in [1.807, 2.05) is 0 Å². The molecule has 0 fully saturated rings. The van der Waals surface area contributed by atoms with Crippen LogP contribution in [0.3, 0.4) is 0 Å². The number of nitro benzene ring substituents is 1. The first-order valence-electron chi connectivity index (χ1n) is 5.43. The molecule has 0 saturated carbocycles. The first-order chi connectivity index (χ1) is 9.13. The Kier molecular flexibility index (Phi) is 4.42. The molecule has 0 bridgehead atoms. The maximum absolute atomic E-state index is 11.0. The van der Waals surface area contributed by atoms with E-state index in [-0.39, 0.29) is 12.3 Å². The maximum Gasteiger partial charge on any atom is 0.283 e. The fraction of sp³-hybridized carbons (Fsp3) is 0.0769. The fourth-order valence-electron chi connectivity index (χ4n) is 1.60. The summed E-state index contributed by atoms with van der Waals surface area (Å²) in [5.41, 5.74) is 0.615. The summed E-state index contributed by atoms with van der Waals surface area (Å²) in [6, 6.07) is 11.7. The van der Waals surface area contributed by atoms with Gasteiger partial charge in [-0.05, 0) is 18.2 Å². The molecule has 2 rings (SSSR count). The van der Waals surface area contributed by atoms with Gasteiger partial charge in [-0.2, -0.15) is 0 Å². The zero-order valence-corrected chi connectivity index (χ0v) is 11.3. The van der Waals surface area contributed by atoms with Crippen molar-refractivity contribution in [3.63, 3.8) is 0 Å². The summed E-state index contributed by atoms with van der Waals surface area (Å²) in [7, 11) is 0. The average Bonchev–Trinajstić information content (AvgIpc) is 2.39. The third-order valence-corrected chi connectivity index (χ3v) is 4.04. The van der Waals surface area contributed by atoms with Gasteiger partial charge in [0.2, 0.25) is 0 Å². The van der Waals surface area contributed by atoms with Crippen LogP contribution in [0.1, 0.15) is 5.56 Å². The van der Waals surface area contributed by atoms with E-state index < -0.39 is 4.92 Å². The lowest BCUT2D eigenvalue weighted by atomic mass is 10.2. The Balaban J connectivity index is 2.42. The number of benzene rings is 2. The SMILES string of the molecule is O=[N+]([O-])c1ccccc1Sc1cccc(Cl)c1CO. The number of aliphatic hydroxyl groups excluding tert-OH is 1. The van der Waals surface area contributed by atoms with E-state index in [1.54, 1.807) is 36.4 Å². The quantitative estimate of drug-likeness (QED) is 0.686. The summed E-state index contributed by atoms with van der Waals surface area (Å²) >= 11 is 7.21. The predicted molar refractivity (Wildman–Crippen MR) is 74.6 cm³/mol. The molecule has 0 aromatic heterocycles. The van der Waals surface area contributed by atoms with Crippen molar-refractivity contribution < 1.29 is 10.0 Å². The molecule has 0 heterocycles. The first kappa shape index (κ1) is 13.9. The lowest BCUT2D eigenvalue weighted by Gasteiger charge is -2.08. The van der Waals surface area contributed by atoms with Gasteiger partial charge < -0.3 is 5.11 Å². The van der Waals surface area contributed by atoms with Crippen LogP contribution < -0.4 is 0 Å². The summed E-state index contributed by atoms with van der Waals surface area (Å²) in [4.78, 5) is 11.8. The Hall–Kier alpha value is -1.56. The van der Waals surface area contributed by atoms with Crippen molar-refractivity contribution in [2.45, 2.75) is 16.4 Å². The number of hydrogen-bond donors (Lipinski definition) is 1. The van der Waals surface area contributed by atoms with Gasteiger partial charge >= 0.3 is 0 Å². The van der Waals surface area contributed by atoms with E-state index in [1.165, 1.54) is 17.8 Å². The van der Waals surface area contributed by atoms with Crippen molar-refractivity contribution in [3.05, 3.63) is 63.2 Å². The standard InChI is InChI=1S/C13H10ClNO3S/c14-10-4-3-7-12(9(10)8-16)19-13-6-2-1-5-11(13)15(17)18/h1-7,16H,8H2. The summed E-state index contributed by atoms with van der Waals surface area (Å²) in [6.07, 6.45) is 0. The highest BCUT2D eigenvalue weighted by Crippen LogP contribution is 2.38. The van der Waals surface area contributed by atoms with Crippen LogP contribution in [-0.2, 0) is 6.61 Å². The van der Waals surface area contributed by atoms with Crippen molar-refractivity contribution in [1.82, 2.24) is 0 Å². The molecule has 0 amide bonds. The molecule has 0 unspecified atom stereocenters. The van der Waals surface area contributed by atoms with Gasteiger partial charge in [-0.15, -0.1) is 0 Å². The van der Waals surface area contributed by atoms with Gasteiger partial charge in [0, 0.05) is 21.5 Å². The Morgan fingerprint density at radius 1 is 1.16 bits per heavy atom. The van der Waals surface area contributed by atoms with Crippen LogP contribution in [0.2, 0.25) is 5.02 Å². The van der Waals surface area contributed by atoms with Gasteiger partial charge in [0.15, 0.2) is 0 Å². The molecule has 19 heavy (non-hydrogen) atoms. The van der Waals surface area contributed by atoms with Crippen LogP contribution in [0.25, 0.3) is 0 Å². The number of para-hydroxylation sites is 1. The zero-order valence-electron chi connectivity index (χ0n) is 9.75. The number of nitro groups is 1. The third kappa shape index (κ3) is 3.07. The number of rotatable bonds is 4. The zero-order chi connectivity index (χ0) is 13.8. The summed E-state index contributed by atoms with van der Waals surface area (Å²) in [6.45, 7) is -0.206. The smallest absolute Gasteiger partial charge is 0.283 e. The molecular weight excluding hydrogens is 286 g/mol. The molecule has 0 radical (unpaired) electrons. The van der Waals surface area contributed by atoms with E-state index in [2.05, 4.69) is 0 Å². The molecule has 2 aromatic rings. The Morgan fingerprint density at radius 3 is 2.53 bits per heavy atom. The first-order valence-corrected chi connectivity index (χ1v) is 6.62. The Labute approximate surface area is 119 Å². The molecule has 4 nitrogen and oxygen atoms in total. The maximum atomic E-state index is 11.0. The second-order valence-electron chi connectivity index (χ2n) is 3.70. The highest BCUT2D eigenvalue weighted by Gasteiger charge is 2.15. The van der Waals surface area contributed by atoms with Crippen LogP contribution in [0.15, 0.2) is 52.3 Å². The molecule has 98 valence electrons. The van der Waals surface area contributed by atoms with Gasteiger partial charge in [0.25, 0.3) is 5.69 Å².